The van der Waals surface area contributed by atoms with Crippen LogP contribution in [0.15, 0.2) is 0 Å². The van der Waals surface area contributed by atoms with E-state index < -0.39 is 0 Å². The van der Waals surface area contributed by atoms with Gasteiger partial charge in [0.05, 0.1) is 0 Å². The minimum Gasteiger partial charge on any atom is -0.344 e. The molecule has 9 heavy (non-hydrogen) atoms. The highest BCUT2D eigenvalue weighted by molar-refractivity contribution is 3.54. The van der Waals surface area contributed by atoms with Gasteiger partial charge in [0.15, 0.2) is 0 Å². The Kier molecular flexibility index (Phi) is 37100. The highest BCUT2D eigenvalue weighted by Gasteiger charge is 0.842. The molecule has 0 aliphatic heterocycles. The van der Waals surface area contributed by atoms with Gasteiger partial charge in [0, 0.05) is 0 Å². The van der Waals surface area contributed by atoms with Crippen molar-refractivity contribution in [2.24, 2.45) is 22.9 Å². The van der Waals surface area contributed by atoms with Gasteiger partial charge in [-0.2, -0.15) is 0 Å². The van der Waals surface area contributed by atoms with Gasteiger partial charge in [-0.3, -0.25) is 0 Å². The average Bonchev–Trinajstić information content (AvgIpc) is 2.03. The summed E-state index contributed by atoms with van der Waals surface area (Å²) in [5.41, 5.74) is 18.0. The van der Waals surface area contributed by atoms with Gasteiger partial charge in [-0.05, 0) is 28.2 Å². The Hall–Kier alpha value is -0.200. The van der Waals surface area contributed by atoms with Crippen LogP contribution in [0, 0.1) is 0 Å². The monoisotopic (exact) mass is 141 g/mol. The fraction of sp³-hybridized carbons (Fsp3) is 1.00. The molecule has 0 bridgehead atoms. The molecule has 0 rings (SSSR count). The second-order valence-corrected chi connectivity index (χ2v) is 0. The quantitative estimate of drug-likeness (QED) is 0.278. The summed E-state index contributed by atoms with van der Waals surface area (Å²) in [6.45, 7) is 0. The van der Waals surface area contributed by atoms with E-state index in [4.69, 9.17) is 0 Å². The first-order valence-corrected chi connectivity index (χ1v) is 2.31. The molecule has 11 N–H and O–H groups in total. The maximum Gasteiger partial charge on any atom is -0.0195 e. The van der Waals surface area contributed by atoms with Gasteiger partial charge in [0.25, 0.3) is 0 Å². The lowest BCUT2D eigenvalue weighted by Crippen LogP contribution is -1.69. The first-order valence-electron chi connectivity index (χ1n) is 2.31. The molecule has 0 aromatic carbocycles. The molecule has 0 heterocycles. The van der Waals surface area contributed by atoms with Crippen molar-refractivity contribution in [1.29, 1.82) is 0 Å². The SMILES string of the molecule is CN.CN.CN.CN.N. The van der Waals surface area contributed by atoms with Crippen LogP contribution in [0.25, 0.3) is 0 Å². The van der Waals surface area contributed by atoms with E-state index in [2.05, 4.69) is 22.9 Å². The van der Waals surface area contributed by atoms with Crippen molar-refractivity contribution in [3.8, 4) is 0 Å². The fourth-order valence-electron chi connectivity index (χ4n) is 0. The molecule has 0 aromatic heterocycles. The van der Waals surface area contributed by atoms with Gasteiger partial charge in [-0.1, -0.05) is 0 Å². The number of hydrogen-bond acceptors (Lipinski definition) is 5. The van der Waals surface area contributed by atoms with Gasteiger partial charge in [-0.15, -0.1) is 0 Å². The van der Waals surface area contributed by atoms with Gasteiger partial charge < -0.3 is 29.1 Å². The fourth-order valence-corrected chi connectivity index (χ4v) is 0. The Morgan fingerprint density at radius 2 is 0.444 bits per heavy atom. The molecule has 0 saturated carbocycles. The van der Waals surface area contributed by atoms with Crippen LogP contribution in [0.5, 0.6) is 0 Å². The Bertz CT molecular complexity index is 8.92. The number of nitrogens with two attached hydrogens (primary N) is 4. The van der Waals surface area contributed by atoms with E-state index in [1.54, 1.807) is 0 Å². The third-order valence-electron chi connectivity index (χ3n) is 0. The molecule has 0 aliphatic carbocycles. The lowest BCUT2D eigenvalue weighted by atomic mass is 11.6. The molecule has 0 fully saturated rings. The van der Waals surface area contributed by atoms with Crippen LogP contribution in [0.3, 0.4) is 0 Å². The summed E-state index contributed by atoms with van der Waals surface area (Å²) in [6.07, 6.45) is 0. The van der Waals surface area contributed by atoms with Gasteiger partial charge in [-0.25, -0.2) is 0 Å². The Morgan fingerprint density at radius 1 is 0.444 bits per heavy atom. The largest absolute Gasteiger partial charge is 0.344 e. The number of rotatable bonds is 0. The predicted octanol–water partition coefficient (Wildman–Crippen LogP) is -1.54. The maximum atomic E-state index is 4.50. The molecule has 0 radical (unpaired) electrons. The van der Waals surface area contributed by atoms with Crippen molar-refractivity contribution in [1.82, 2.24) is 6.15 Å². The van der Waals surface area contributed by atoms with Crippen LogP contribution in [0.2, 0.25) is 0 Å². The van der Waals surface area contributed by atoms with Crippen LogP contribution in [0.1, 0.15) is 0 Å². The molecule has 0 atom stereocenters. The van der Waals surface area contributed by atoms with Crippen LogP contribution in [-0.4, -0.2) is 28.2 Å². The number of hydrogen-bond donors (Lipinski definition) is 5. The second-order valence-electron chi connectivity index (χ2n) is 0. The highest BCUT2D eigenvalue weighted by atomic mass is 14.4. The van der Waals surface area contributed by atoms with Crippen molar-refractivity contribution in [2.45, 2.75) is 0 Å². The molecule has 5 nitrogen and oxygen atoms in total. The van der Waals surface area contributed by atoms with E-state index in [1.165, 1.54) is 28.2 Å². The molecular formula is C4H23N5. The summed E-state index contributed by atoms with van der Waals surface area (Å²) in [6, 6.07) is 0. The van der Waals surface area contributed by atoms with Gasteiger partial charge >= 0.3 is 0 Å². The van der Waals surface area contributed by atoms with Crippen molar-refractivity contribution in [3.63, 3.8) is 0 Å². The van der Waals surface area contributed by atoms with Crippen LogP contribution < -0.4 is 29.1 Å². The summed E-state index contributed by atoms with van der Waals surface area (Å²) in [7, 11) is 6.00. The Labute approximate surface area is 58.3 Å². The van der Waals surface area contributed by atoms with Crippen molar-refractivity contribution >= 4 is 0 Å². The molecular weight excluding hydrogens is 118 g/mol. The molecule has 0 aliphatic rings. The molecule has 0 spiro atoms. The Morgan fingerprint density at radius 3 is 0.444 bits per heavy atom. The first kappa shape index (κ1) is 37.1. The van der Waals surface area contributed by atoms with E-state index in [0.29, 0.717) is 0 Å². The lowest BCUT2D eigenvalue weighted by molar-refractivity contribution is 1.48. The topological polar surface area (TPSA) is 139 Å². The lowest BCUT2D eigenvalue weighted by Gasteiger charge is -1.19. The van der Waals surface area contributed by atoms with E-state index in [1.807, 2.05) is 0 Å². The third kappa shape index (κ3) is 6560. The summed E-state index contributed by atoms with van der Waals surface area (Å²) < 4.78 is 0. The van der Waals surface area contributed by atoms with Crippen molar-refractivity contribution < 1.29 is 0 Å². The molecule has 0 aromatic rings. The zero-order valence-corrected chi connectivity index (χ0v) is 7.02. The van der Waals surface area contributed by atoms with Crippen LogP contribution in [0.4, 0.5) is 0 Å². The van der Waals surface area contributed by atoms with E-state index >= 15 is 0 Å². The molecule has 0 unspecified atom stereocenters. The summed E-state index contributed by atoms with van der Waals surface area (Å²) >= 11 is 0. The van der Waals surface area contributed by atoms with Crippen LogP contribution >= 0.6 is 0 Å². The van der Waals surface area contributed by atoms with Crippen molar-refractivity contribution in [2.75, 3.05) is 28.2 Å². The standard InChI is InChI=1S/4CH5N.H3N/c4*1-2;/h4*2H2,1H3;1H3. The first-order chi connectivity index (χ1) is 4.00. The Balaban J connectivity index is -0.00000000762. The van der Waals surface area contributed by atoms with Gasteiger partial charge in [0.2, 0.25) is 0 Å². The smallest absolute Gasteiger partial charge is 0.0195 e. The third-order valence-corrected chi connectivity index (χ3v) is 0. The second kappa shape index (κ2) is 9020. The summed E-state index contributed by atoms with van der Waals surface area (Å²) in [4.78, 5) is 0. The minimum absolute atomic E-state index is 0. The molecule has 64 valence electrons. The maximum absolute atomic E-state index is 4.50. The van der Waals surface area contributed by atoms with Crippen LogP contribution in [-0.2, 0) is 0 Å². The zero-order chi connectivity index (χ0) is 8.00. The summed E-state index contributed by atoms with van der Waals surface area (Å²) in [5.74, 6) is 0. The van der Waals surface area contributed by atoms with E-state index in [-0.39, 0.29) is 6.15 Å². The molecule has 0 saturated heterocycles. The zero-order valence-electron chi connectivity index (χ0n) is 7.02. The average molecular weight is 141 g/mol. The van der Waals surface area contributed by atoms with E-state index in [9.17, 15) is 0 Å². The van der Waals surface area contributed by atoms with Crippen molar-refractivity contribution in [3.05, 3.63) is 0 Å². The molecule has 0 amide bonds. The minimum atomic E-state index is 0. The predicted molar refractivity (Wildman–Crippen MR) is 45.5 cm³/mol. The highest BCUT2D eigenvalue weighted by Crippen LogP contribution is 0.474. The van der Waals surface area contributed by atoms with E-state index in [0.717, 1.165) is 0 Å². The van der Waals surface area contributed by atoms with Gasteiger partial charge in [0.1, 0.15) is 0 Å². The normalized spacial score (nSPS) is 2.67. The summed E-state index contributed by atoms with van der Waals surface area (Å²) in [5, 5.41) is 0. The molecule has 5 heteroatoms.